The molecule has 0 N–H and O–H groups in total. The molecule has 0 amide bonds. The lowest BCUT2D eigenvalue weighted by Gasteiger charge is -2.10. The van der Waals surface area contributed by atoms with E-state index in [4.69, 9.17) is 9.47 Å². The maximum Gasteiger partial charge on any atom is 0.337 e. The van der Waals surface area contributed by atoms with Gasteiger partial charge in [-0.05, 0) is 25.3 Å². The van der Waals surface area contributed by atoms with E-state index in [9.17, 15) is 9.59 Å². The van der Waals surface area contributed by atoms with Crippen LogP contribution in [-0.4, -0.2) is 30.1 Å². The molecule has 4 nitrogen and oxygen atoms in total. The number of hydrogen-bond donors (Lipinski definition) is 0. The van der Waals surface area contributed by atoms with Crippen molar-refractivity contribution in [1.29, 1.82) is 0 Å². The Kier molecular flexibility index (Phi) is 7.82. The van der Waals surface area contributed by atoms with Crippen molar-refractivity contribution in [3.05, 3.63) is 35.6 Å². The van der Waals surface area contributed by atoms with Crippen LogP contribution in [0.1, 0.15) is 38.5 Å². The van der Waals surface area contributed by atoms with Crippen LogP contribution in [0.2, 0.25) is 0 Å². The summed E-state index contributed by atoms with van der Waals surface area (Å²) in [7, 11) is 5.23. The first-order valence-corrected chi connectivity index (χ1v) is 10.2. The standard InChI is InChI=1S/C17H22O4S2/c1-20-17(19)14-8-3-2-4-9-15(14)21-16(18)10-6-5-7-13-11-12-22-23-13/h2-4,9,13H,5-8,10-12H2,1H3. The van der Waals surface area contributed by atoms with Crippen LogP contribution in [0.15, 0.2) is 35.6 Å². The SMILES string of the molecule is COC(=O)C1=C(OC(=O)CCCCC2CCSS2)C=CC=CC1. The van der Waals surface area contributed by atoms with E-state index in [0.717, 1.165) is 24.5 Å². The van der Waals surface area contributed by atoms with Gasteiger partial charge in [0.1, 0.15) is 5.76 Å². The number of hydrogen-bond acceptors (Lipinski definition) is 6. The maximum absolute atomic E-state index is 12.0. The topological polar surface area (TPSA) is 52.6 Å². The smallest absolute Gasteiger partial charge is 0.337 e. The fourth-order valence-corrected chi connectivity index (χ4v) is 5.42. The third-order valence-corrected chi connectivity index (χ3v) is 6.66. The van der Waals surface area contributed by atoms with E-state index in [1.54, 1.807) is 12.2 Å². The number of rotatable bonds is 7. The lowest BCUT2D eigenvalue weighted by molar-refractivity contribution is -0.139. The molecule has 126 valence electrons. The molecule has 1 unspecified atom stereocenters. The number of unbranched alkanes of at least 4 members (excludes halogenated alkanes) is 1. The van der Waals surface area contributed by atoms with Crippen LogP contribution in [0.3, 0.4) is 0 Å². The summed E-state index contributed by atoms with van der Waals surface area (Å²) in [5.74, 6) is 0.790. The van der Waals surface area contributed by atoms with Gasteiger partial charge >= 0.3 is 11.9 Å². The quantitative estimate of drug-likeness (QED) is 0.388. The predicted molar refractivity (Wildman–Crippen MR) is 95.0 cm³/mol. The van der Waals surface area contributed by atoms with Gasteiger partial charge in [0.25, 0.3) is 0 Å². The first kappa shape index (κ1) is 18.2. The molecule has 2 aliphatic rings. The van der Waals surface area contributed by atoms with Crippen molar-refractivity contribution < 1.29 is 19.1 Å². The van der Waals surface area contributed by atoms with Crippen LogP contribution in [0, 0.1) is 0 Å². The summed E-state index contributed by atoms with van der Waals surface area (Å²) in [5, 5.41) is 0.737. The molecule has 0 spiro atoms. The summed E-state index contributed by atoms with van der Waals surface area (Å²) in [4.78, 5) is 23.8. The molecule has 1 atom stereocenters. The number of ether oxygens (including phenoxy) is 2. The largest absolute Gasteiger partial charge is 0.466 e. The number of esters is 2. The second-order valence-electron chi connectivity index (χ2n) is 5.37. The molecule has 1 fully saturated rings. The van der Waals surface area contributed by atoms with Crippen LogP contribution >= 0.6 is 21.6 Å². The van der Waals surface area contributed by atoms with Gasteiger partial charge in [0, 0.05) is 23.8 Å². The number of methoxy groups -OCH3 is 1. The zero-order valence-electron chi connectivity index (χ0n) is 13.3. The first-order chi connectivity index (χ1) is 11.2. The molecule has 1 aliphatic heterocycles. The van der Waals surface area contributed by atoms with Gasteiger partial charge in [0.2, 0.25) is 0 Å². The summed E-state index contributed by atoms with van der Waals surface area (Å²) in [6.45, 7) is 0. The second-order valence-corrected chi connectivity index (χ2v) is 8.16. The van der Waals surface area contributed by atoms with Crippen LogP contribution < -0.4 is 0 Å². The molecular weight excluding hydrogens is 332 g/mol. The number of carbonyl (C=O) groups excluding carboxylic acids is 2. The van der Waals surface area contributed by atoms with E-state index in [-0.39, 0.29) is 5.97 Å². The van der Waals surface area contributed by atoms with Crippen LogP contribution in [0.4, 0.5) is 0 Å². The zero-order chi connectivity index (χ0) is 16.5. The average Bonchev–Trinajstić information content (AvgIpc) is 2.97. The van der Waals surface area contributed by atoms with Crippen LogP contribution in [0.5, 0.6) is 0 Å². The lowest BCUT2D eigenvalue weighted by atomic mass is 10.1. The predicted octanol–water partition coefficient (Wildman–Crippen LogP) is 4.19. The Labute approximate surface area is 145 Å². The fourth-order valence-electron chi connectivity index (χ4n) is 2.39. The molecule has 23 heavy (non-hydrogen) atoms. The van der Waals surface area contributed by atoms with Crippen molar-refractivity contribution in [3.8, 4) is 0 Å². The van der Waals surface area contributed by atoms with Gasteiger partial charge < -0.3 is 9.47 Å². The van der Waals surface area contributed by atoms with Gasteiger partial charge in [-0.25, -0.2) is 4.79 Å². The van der Waals surface area contributed by atoms with Crippen molar-refractivity contribution >= 4 is 33.5 Å². The molecular formula is C17H22O4S2. The summed E-state index contributed by atoms with van der Waals surface area (Å²) in [6, 6.07) is 0. The third kappa shape index (κ3) is 6.11. The Hall–Kier alpha value is -1.14. The first-order valence-electron chi connectivity index (χ1n) is 7.84. The van der Waals surface area contributed by atoms with E-state index in [1.165, 1.54) is 19.3 Å². The second kappa shape index (κ2) is 9.88. The van der Waals surface area contributed by atoms with Crippen molar-refractivity contribution in [2.45, 2.75) is 43.8 Å². The number of carbonyl (C=O) groups is 2. The number of allylic oxidation sites excluding steroid dienone is 4. The molecule has 1 aliphatic carbocycles. The molecule has 0 radical (unpaired) electrons. The normalized spacial score (nSPS) is 20.5. The van der Waals surface area contributed by atoms with Crippen molar-refractivity contribution in [1.82, 2.24) is 0 Å². The fraction of sp³-hybridized carbons (Fsp3) is 0.529. The van der Waals surface area contributed by atoms with E-state index in [0.29, 0.717) is 24.2 Å². The highest BCUT2D eigenvalue weighted by molar-refractivity contribution is 8.77. The van der Waals surface area contributed by atoms with Gasteiger partial charge in [-0.15, -0.1) is 0 Å². The third-order valence-electron chi connectivity index (χ3n) is 3.65. The molecule has 6 heteroatoms. The monoisotopic (exact) mass is 354 g/mol. The molecule has 0 aromatic heterocycles. The van der Waals surface area contributed by atoms with E-state index >= 15 is 0 Å². The molecule has 0 bridgehead atoms. The van der Waals surface area contributed by atoms with Gasteiger partial charge in [-0.1, -0.05) is 46.2 Å². The van der Waals surface area contributed by atoms with Gasteiger partial charge in [0.15, 0.2) is 0 Å². The van der Waals surface area contributed by atoms with E-state index < -0.39 is 5.97 Å². The van der Waals surface area contributed by atoms with E-state index in [2.05, 4.69) is 0 Å². The molecule has 0 aromatic rings. The average molecular weight is 354 g/mol. The minimum absolute atomic E-state index is 0.290. The molecule has 0 aromatic carbocycles. The van der Waals surface area contributed by atoms with Crippen molar-refractivity contribution in [2.75, 3.05) is 12.9 Å². The summed E-state index contributed by atoms with van der Waals surface area (Å²) in [6.07, 6.45) is 12.1. The minimum atomic E-state index is -0.459. The van der Waals surface area contributed by atoms with Gasteiger partial charge in [-0.2, -0.15) is 0 Å². The highest BCUT2D eigenvalue weighted by Crippen LogP contribution is 2.39. The Morgan fingerprint density at radius 2 is 2.17 bits per heavy atom. The summed E-state index contributed by atoms with van der Waals surface area (Å²) in [5.41, 5.74) is 0.380. The van der Waals surface area contributed by atoms with Crippen molar-refractivity contribution in [3.63, 3.8) is 0 Å². The maximum atomic E-state index is 12.0. The van der Waals surface area contributed by atoms with Crippen molar-refractivity contribution in [2.24, 2.45) is 0 Å². The highest BCUT2D eigenvalue weighted by Gasteiger charge is 2.19. The van der Waals surface area contributed by atoms with Gasteiger partial charge in [0.05, 0.1) is 12.7 Å². The Bertz CT molecular complexity index is 517. The molecule has 1 heterocycles. The van der Waals surface area contributed by atoms with Gasteiger partial charge in [-0.3, -0.25) is 4.79 Å². The highest BCUT2D eigenvalue weighted by atomic mass is 33.1. The molecule has 0 saturated carbocycles. The van der Waals surface area contributed by atoms with Crippen LogP contribution in [-0.2, 0) is 19.1 Å². The summed E-state index contributed by atoms with van der Waals surface area (Å²) >= 11 is 0. The lowest BCUT2D eigenvalue weighted by Crippen LogP contribution is -2.11. The Balaban J connectivity index is 1.79. The molecule has 1 saturated heterocycles. The summed E-state index contributed by atoms with van der Waals surface area (Å²) < 4.78 is 10.1. The molecule has 2 rings (SSSR count). The Morgan fingerprint density at radius 3 is 2.91 bits per heavy atom. The van der Waals surface area contributed by atoms with E-state index in [1.807, 2.05) is 33.7 Å². The van der Waals surface area contributed by atoms with Crippen LogP contribution in [0.25, 0.3) is 0 Å². The minimum Gasteiger partial charge on any atom is -0.466 e. The Morgan fingerprint density at radius 1 is 1.30 bits per heavy atom. The zero-order valence-corrected chi connectivity index (χ0v) is 14.9.